The maximum absolute atomic E-state index is 13.5. The first-order valence-electron chi connectivity index (χ1n) is 11.1. The maximum Gasteiger partial charge on any atom is 0.264 e. The molecule has 0 saturated heterocycles. The Labute approximate surface area is 202 Å². The average molecular weight is 471 g/mol. The minimum atomic E-state index is -1.97. The predicted octanol–water partition coefficient (Wildman–Crippen LogP) is 5.18. The fraction of sp³-hybridized carbons (Fsp3) is 0.143. The number of fused-ring (bicyclic) bond motifs is 1. The predicted molar refractivity (Wildman–Crippen MR) is 133 cm³/mol. The summed E-state index contributed by atoms with van der Waals surface area (Å²) in [6, 6.07) is 25.8. The quantitative estimate of drug-likeness (QED) is 0.378. The van der Waals surface area contributed by atoms with E-state index in [1.165, 1.54) is 0 Å². The molecule has 5 nitrogen and oxygen atoms in total. The summed E-state index contributed by atoms with van der Waals surface area (Å²) in [4.78, 5) is 28.2. The van der Waals surface area contributed by atoms with Crippen molar-refractivity contribution in [3.8, 4) is 5.69 Å². The maximum atomic E-state index is 13.5. The minimum absolute atomic E-state index is 0.314. The monoisotopic (exact) mass is 470 g/mol. The summed E-state index contributed by atoms with van der Waals surface area (Å²) in [5.74, 6) is -0.816. The molecule has 1 atom stereocenters. The van der Waals surface area contributed by atoms with E-state index in [2.05, 4.69) is 0 Å². The normalized spacial score (nSPS) is 17.1. The van der Waals surface area contributed by atoms with Crippen LogP contribution in [0.5, 0.6) is 0 Å². The number of halogens is 1. The van der Waals surface area contributed by atoms with Crippen LogP contribution in [0.25, 0.3) is 5.69 Å². The molecule has 3 aromatic carbocycles. The number of Topliss-reactive ketones (excluding diaryl/α,β-unsaturated/α-hetero) is 1. The molecule has 0 aliphatic carbocycles. The van der Waals surface area contributed by atoms with Crippen molar-refractivity contribution in [1.29, 1.82) is 0 Å². The van der Waals surface area contributed by atoms with E-state index in [0.717, 1.165) is 11.3 Å². The van der Waals surface area contributed by atoms with Crippen molar-refractivity contribution < 1.29 is 14.7 Å². The Kier molecular flexibility index (Phi) is 5.82. The minimum Gasteiger partial charge on any atom is -0.375 e. The van der Waals surface area contributed by atoms with Gasteiger partial charge in [0.1, 0.15) is 0 Å². The third-order valence-electron chi connectivity index (χ3n) is 6.27. The molecule has 0 fully saturated rings. The van der Waals surface area contributed by atoms with Gasteiger partial charge in [-0.25, -0.2) is 0 Å². The van der Waals surface area contributed by atoms with Crippen molar-refractivity contribution in [1.82, 2.24) is 4.57 Å². The van der Waals surface area contributed by atoms with Gasteiger partial charge in [-0.05, 0) is 66.6 Å². The zero-order chi connectivity index (χ0) is 23.7. The van der Waals surface area contributed by atoms with Gasteiger partial charge in [0.15, 0.2) is 11.4 Å². The van der Waals surface area contributed by atoms with E-state index >= 15 is 0 Å². The molecule has 2 heterocycles. The highest BCUT2D eigenvalue weighted by molar-refractivity contribution is 6.31. The Balaban J connectivity index is 1.40. The third-order valence-corrected chi connectivity index (χ3v) is 6.50. The third kappa shape index (κ3) is 4.04. The Morgan fingerprint density at radius 2 is 1.62 bits per heavy atom. The van der Waals surface area contributed by atoms with Crippen molar-refractivity contribution in [2.45, 2.75) is 18.4 Å². The Hall–Kier alpha value is -3.67. The van der Waals surface area contributed by atoms with E-state index in [-0.39, 0.29) is 12.2 Å². The number of rotatable bonds is 7. The lowest BCUT2D eigenvalue weighted by atomic mass is 9.88. The molecule has 0 radical (unpaired) electrons. The molecule has 1 amide bonds. The zero-order valence-corrected chi connectivity index (χ0v) is 19.2. The topological polar surface area (TPSA) is 62.5 Å². The Morgan fingerprint density at radius 1 is 0.912 bits per heavy atom. The number of hydrogen-bond donors (Lipinski definition) is 1. The number of aromatic nitrogens is 1. The lowest BCUT2D eigenvalue weighted by molar-refractivity contribution is -0.135. The Bertz CT molecular complexity index is 1330. The van der Waals surface area contributed by atoms with Crippen molar-refractivity contribution in [2.24, 2.45) is 0 Å². The molecule has 34 heavy (non-hydrogen) atoms. The molecular weight excluding hydrogens is 448 g/mol. The number of carbonyl (C=O) groups is 2. The average Bonchev–Trinajstić information content (AvgIpc) is 3.46. The zero-order valence-electron chi connectivity index (χ0n) is 18.4. The second-order valence-electron chi connectivity index (χ2n) is 8.45. The number of ketones is 1. The number of carbonyl (C=O) groups excluding carboxylic acids is 2. The summed E-state index contributed by atoms with van der Waals surface area (Å²) in [5, 5.41) is 12.0. The molecule has 6 heteroatoms. The molecule has 1 aliphatic rings. The molecule has 1 aromatic heterocycles. The van der Waals surface area contributed by atoms with Crippen LogP contribution < -0.4 is 4.90 Å². The van der Waals surface area contributed by atoms with Crippen LogP contribution in [0.2, 0.25) is 5.02 Å². The molecular formula is C28H23ClN2O3. The van der Waals surface area contributed by atoms with E-state index in [4.69, 9.17) is 11.6 Å². The Morgan fingerprint density at radius 3 is 2.32 bits per heavy atom. The van der Waals surface area contributed by atoms with Crippen molar-refractivity contribution in [3.63, 3.8) is 0 Å². The van der Waals surface area contributed by atoms with Gasteiger partial charge in [0.05, 0.1) is 12.1 Å². The van der Waals surface area contributed by atoms with Gasteiger partial charge >= 0.3 is 0 Å². The molecule has 0 saturated carbocycles. The van der Waals surface area contributed by atoms with Gasteiger partial charge in [-0.1, -0.05) is 41.9 Å². The van der Waals surface area contributed by atoms with Crippen LogP contribution in [0.1, 0.15) is 27.9 Å². The largest absolute Gasteiger partial charge is 0.375 e. The summed E-state index contributed by atoms with van der Waals surface area (Å²) in [6.45, 7) is 0.388. The van der Waals surface area contributed by atoms with Gasteiger partial charge in [0.2, 0.25) is 0 Å². The highest BCUT2D eigenvalue weighted by atomic mass is 35.5. The number of benzene rings is 3. The summed E-state index contributed by atoms with van der Waals surface area (Å²) in [5.41, 5.74) is 1.43. The first-order chi connectivity index (χ1) is 16.5. The van der Waals surface area contributed by atoms with E-state index in [0.29, 0.717) is 34.8 Å². The van der Waals surface area contributed by atoms with Crippen LogP contribution in [-0.4, -0.2) is 27.9 Å². The number of amides is 1. The van der Waals surface area contributed by atoms with Crippen molar-refractivity contribution in [2.75, 3.05) is 11.4 Å². The summed E-state index contributed by atoms with van der Waals surface area (Å²) in [7, 11) is 0. The lowest BCUT2D eigenvalue weighted by Crippen LogP contribution is -2.42. The lowest BCUT2D eigenvalue weighted by Gasteiger charge is -2.23. The van der Waals surface area contributed by atoms with E-state index in [1.807, 2.05) is 71.6 Å². The fourth-order valence-electron chi connectivity index (χ4n) is 4.46. The summed E-state index contributed by atoms with van der Waals surface area (Å²) in [6.07, 6.45) is 4.10. The second-order valence-corrected chi connectivity index (χ2v) is 8.89. The molecule has 5 rings (SSSR count). The van der Waals surface area contributed by atoms with Gasteiger partial charge in [-0.3, -0.25) is 9.59 Å². The van der Waals surface area contributed by atoms with Crippen LogP contribution in [0.4, 0.5) is 5.69 Å². The van der Waals surface area contributed by atoms with Gasteiger partial charge < -0.3 is 14.6 Å². The van der Waals surface area contributed by atoms with Crippen molar-refractivity contribution in [3.05, 3.63) is 119 Å². The first-order valence-corrected chi connectivity index (χ1v) is 11.5. The van der Waals surface area contributed by atoms with Gasteiger partial charge in [-0.15, -0.1) is 0 Å². The second kappa shape index (κ2) is 8.93. The van der Waals surface area contributed by atoms with Gasteiger partial charge in [-0.2, -0.15) is 0 Å². The smallest absolute Gasteiger partial charge is 0.264 e. The van der Waals surface area contributed by atoms with Crippen LogP contribution in [0, 0.1) is 0 Å². The van der Waals surface area contributed by atoms with Gasteiger partial charge in [0.25, 0.3) is 5.91 Å². The highest BCUT2D eigenvalue weighted by Crippen LogP contribution is 2.44. The van der Waals surface area contributed by atoms with E-state index < -0.39 is 11.5 Å². The van der Waals surface area contributed by atoms with Crippen LogP contribution in [0.3, 0.4) is 0 Å². The standard InChI is InChI=1S/C28H23ClN2O3/c29-22-10-13-25-24(18-22)28(34,27(33)31(25)17-14-20-6-2-1-3-7-20)19-26(32)21-8-11-23(12-9-21)30-15-4-5-16-30/h1-13,15-16,18,34H,14,17,19H2/t28-/m1/s1. The summed E-state index contributed by atoms with van der Waals surface area (Å²) >= 11 is 6.21. The molecule has 1 N–H and O–H groups in total. The molecule has 170 valence electrons. The van der Waals surface area contributed by atoms with Crippen molar-refractivity contribution >= 4 is 29.0 Å². The molecule has 0 spiro atoms. The summed E-state index contributed by atoms with van der Waals surface area (Å²) < 4.78 is 1.94. The van der Waals surface area contributed by atoms with E-state index in [1.54, 1.807) is 35.2 Å². The molecule has 0 bridgehead atoms. The fourth-order valence-corrected chi connectivity index (χ4v) is 4.63. The van der Waals surface area contributed by atoms with Crippen LogP contribution in [-0.2, 0) is 16.8 Å². The number of aliphatic hydroxyl groups is 1. The molecule has 4 aromatic rings. The number of anilines is 1. The van der Waals surface area contributed by atoms with Crippen LogP contribution in [0.15, 0.2) is 97.3 Å². The van der Waals surface area contributed by atoms with Gasteiger partial charge in [0, 0.05) is 40.8 Å². The molecule has 0 unspecified atom stereocenters. The number of hydrogen-bond acceptors (Lipinski definition) is 3. The van der Waals surface area contributed by atoms with E-state index in [9.17, 15) is 14.7 Å². The SMILES string of the molecule is O=C(C[C@]1(O)C(=O)N(CCc2ccccc2)c2ccc(Cl)cc21)c1ccc(-n2cccc2)cc1. The first kappa shape index (κ1) is 22.1. The highest BCUT2D eigenvalue weighted by Gasteiger charge is 2.50. The number of nitrogens with zero attached hydrogens (tertiary/aromatic N) is 2. The van der Waals surface area contributed by atoms with Crippen LogP contribution >= 0.6 is 11.6 Å². The molecule has 1 aliphatic heterocycles.